The van der Waals surface area contributed by atoms with E-state index < -0.39 is 29.4 Å². The number of amides is 2. The van der Waals surface area contributed by atoms with Gasteiger partial charge in [-0.25, -0.2) is 4.39 Å². The summed E-state index contributed by atoms with van der Waals surface area (Å²) in [5, 5.41) is 4.07. The predicted octanol–water partition coefficient (Wildman–Crippen LogP) is 0.858. The van der Waals surface area contributed by atoms with Crippen molar-refractivity contribution in [2.24, 2.45) is 5.73 Å². The number of alkyl halides is 3. The summed E-state index contributed by atoms with van der Waals surface area (Å²) in [5.41, 5.74) is 3.23. The van der Waals surface area contributed by atoms with Gasteiger partial charge in [0.2, 0.25) is 0 Å². The normalized spacial score (nSPS) is 11.1. The van der Waals surface area contributed by atoms with E-state index in [0.29, 0.717) is 12.1 Å². The van der Waals surface area contributed by atoms with Crippen molar-refractivity contribution in [1.29, 1.82) is 0 Å². The van der Waals surface area contributed by atoms with Crippen molar-refractivity contribution in [3.8, 4) is 0 Å². The van der Waals surface area contributed by atoms with Gasteiger partial charge in [0.1, 0.15) is 5.82 Å². The van der Waals surface area contributed by atoms with E-state index in [2.05, 4.69) is 5.32 Å². The first-order valence-corrected chi connectivity index (χ1v) is 5.41. The van der Waals surface area contributed by atoms with Gasteiger partial charge in [-0.3, -0.25) is 9.59 Å². The molecular formula is C11H11F4N3O2. The number of halogens is 4. The summed E-state index contributed by atoms with van der Waals surface area (Å²) in [4.78, 5) is 22.5. The van der Waals surface area contributed by atoms with Crippen LogP contribution in [-0.2, 0) is 15.8 Å². The Balaban J connectivity index is 2.84. The number of benzene rings is 1. The molecule has 0 radical (unpaired) electrons. The van der Waals surface area contributed by atoms with Gasteiger partial charge in [-0.2, -0.15) is 13.2 Å². The Morgan fingerprint density at radius 1 is 1.20 bits per heavy atom. The van der Waals surface area contributed by atoms with Gasteiger partial charge in [0.15, 0.2) is 0 Å². The molecule has 110 valence electrons. The zero-order valence-electron chi connectivity index (χ0n) is 10.1. The molecule has 0 fully saturated rings. The lowest BCUT2D eigenvalue weighted by Crippen LogP contribution is -2.38. The first-order chi connectivity index (χ1) is 9.25. The van der Waals surface area contributed by atoms with Crippen molar-refractivity contribution in [2.45, 2.75) is 6.18 Å². The monoisotopic (exact) mass is 293 g/mol. The number of nitrogens with two attached hydrogens (primary N) is 1. The number of anilines is 1. The maximum absolute atomic E-state index is 13.0. The second-order valence-corrected chi connectivity index (χ2v) is 3.69. The van der Waals surface area contributed by atoms with Crippen molar-refractivity contribution in [3.05, 3.63) is 29.6 Å². The summed E-state index contributed by atoms with van der Waals surface area (Å²) in [6.07, 6.45) is -4.90. The second kappa shape index (κ2) is 6.33. The first kappa shape index (κ1) is 15.9. The van der Waals surface area contributed by atoms with Gasteiger partial charge in [-0.15, -0.1) is 0 Å². The Morgan fingerprint density at radius 3 is 2.40 bits per heavy atom. The third-order valence-corrected chi connectivity index (χ3v) is 2.17. The lowest BCUT2D eigenvalue weighted by Gasteiger charge is -2.11. The third kappa shape index (κ3) is 4.19. The average molecular weight is 293 g/mol. The average Bonchev–Trinajstić information content (AvgIpc) is 2.36. The molecule has 0 saturated heterocycles. The Labute approximate surface area is 111 Å². The molecule has 1 aromatic rings. The number of carbonyl (C=O) groups excluding carboxylic acids is 2. The van der Waals surface area contributed by atoms with Crippen LogP contribution in [0, 0.1) is 5.82 Å². The van der Waals surface area contributed by atoms with Crippen molar-refractivity contribution in [3.63, 3.8) is 0 Å². The van der Waals surface area contributed by atoms with Crippen LogP contribution in [0.2, 0.25) is 0 Å². The second-order valence-electron chi connectivity index (χ2n) is 3.69. The maximum Gasteiger partial charge on any atom is 0.419 e. The molecule has 0 aliphatic heterocycles. The molecule has 1 aromatic carbocycles. The predicted molar refractivity (Wildman–Crippen MR) is 62.1 cm³/mol. The maximum atomic E-state index is 13.0. The fraction of sp³-hybridized carbons (Fsp3) is 0.273. The largest absolute Gasteiger partial charge is 0.419 e. The molecule has 0 saturated carbocycles. The van der Waals surface area contributed by atoms with Crippen LogP contribution >= 0.6 is 0 Å². The molecule has 0 aliphatic rings. The number of hydrogen-bond acceptors (Lipinski definition) is 3. The SMILES string of the molecule is NCCNC(=O)C(=O)Nc1ccc(F)c(C(F)(F)F)c1. The zero-order chi connectivity index (χ0) is 15.3. The summed E-state index contributed by atoms with van der Waals surface area (Å²) < 4.78 is 50.3. The fourth-order valence-electron chi connectivity index (χ4n) is 1.27. The Morgan fingerprint density at radius 2 is 1.85 bits per heavy atom. The van der Waals surface area contributed by atoms with Crippen LogP contribution < -0.4 is 16.4 Å². The zero-order valence-corrected chi connectivity index (χ0v) is 10.1. The Kier molecular flexibility index (Phi) is 5.03. The number of rotatable bonds is 3. The van der Waals surface area contributed by atoms with E-state index in [9.17, 15) is 27.2 Å². The molecule has 1 rings (SSSR count). The van der Waals surface area contributed by atoms with E-state index in [4.69, 9.17) is 5.73 Å². The number of carbonyl (C=O) groups is 2. The van der Waals surface area contributed by atoms with Gasteiger partial charge in [0, 0.05) is 18.8 Å². The van der Waals surface area contributed by atoms with Crippen molar-refractivity contribution < 1.29 is 27.2 Å². The van der Waals surface area contributed by atoms with Crippen LogP contribution in [0.3, 0.4) is 0 Å². The van der Waals surface area contributed by atoms with Crippen LogP contribution in [-0.4, -0.2) is 24.9 Å². The molecule has 0 aromatic heterocycles. The minimum Gasteiger partial charge on any atom is -0.347 e. The van der Waals surface area contributed by atoms with Crippen molar-refractivity contribution in [1.82, 2.24) is 5.32 Å². The molecule has 2 amide bonds. The Bertz CT molecular complexity index is 517. The highest BCUT2D eigenvalue weighted by molar-refractivity contribution is 6.39. The molecule has 20 heavy (non-hydrogen) atoms. The molecule has 0 spiro atoms. The molecule has 0 unspecified atom stereocenters. The van der Waals surface area contributed by atoms with Crippen LogP contribution in [0.4, 0.5) is 23.2 Å². The highest BCUT2D eigenvalue weighted by atomic mass is 19.4. The summed E-state index contributed by atoms with van der Waals surface area (Å²) in [5.74, 6) is -3.69. The van der Waals surface area contributed by atoms with E-state index in [1.807, 2.05) is 5.32 Å². The van der Waals surface area contributed by atoms with Crippen molar-refractivity contribution >= 4 is 17.5 Å². The minimum atomic E-state index is -4.90. The van der Waals surface area contributed by atoms with Gasteiger partial charge >= 0.3 is 18.0 Å². The quantitative estimate of drug-likeness (QED) is 0.571. The molecule has 0 atom stereocenters. The van der Waals surface area contributed by atoms with Crippen molar-refractivity contribution in [2.75, 3.05) is 18.4 Å². The molecule has 0 aliphatic carbocycles. The van der Waals surface area contributed by atoms with E-state index in [-0.39, 0.29) is 18.8 Å². The van der Waals surface area contributed by atoms with Gasteiger partial charge in [-0.1, -0.05) is 0 Å². The highest BCUT2D eigenvalue weighted by Crippen LogP contribution is 2.32. The summed E-state index contributed by atoms with van der Waals surface area (Å²) in [6.45, 7) is 0.150. The van der Waals surface area contributed by atoms with Gasteiger partial charge < -0.3 is 16.4 Å². The molecule has 4 N–H and O–H groups in total. The third-order valence-electron chi connectivity index (χ3n) is 2.17. The number of nitrogens with one attached hydrogen (secondary N) is 2. The number of hydrogen-bond donors (Lipinski definition) is 3. The van der Waals surface area contributed by atoms with Gasteiger partial charge in [0.05, 0.1) is 5.56 Å². The summed E-state index contributed by atoms with van der Waals surface area (Å²) in [6, 6.07) is 1.87. The van der Waals surface area contributed by atoms with Gasteiger partial charge in [-0.05, 0) is 18.2 Å². The lowest BCUT2D eigenvalue weighted by molar-refractivity contribution is -0.140. The minimum absolute atomic E-state index is 0.0451. The topological polar surface area (TPSA) is 84.2 Å². The van der Waals surface area contributed by atoms with Crippen LogP contribution in [0.5, 0.6) is 0 Å². The lowest BCUT2D eigenvalue weighted by atomic mass is 10.2. The van der Waals surface area contributed by atoms with Crippen LogP contribution in [0.25, 0.3) is 0 Å². The molecule has 0 bridgehead atoms. The molecule has 0 heterocycles. The van der Waals surface area contributed by atoms with E-state index in [1.165, 1.54) is 0 Å². The van der Waals surface area contributed by atoms with Crippen LogP contribution in [0.1, 0.15) is 5.56 Å². The van der Waals surface area contributed by atoms with E-state index in [1.54, 1.807) is 0 Å². The fourth-order valence-corrected chi connectivity index (χ4v) is 1.27. The molecular weight excluding hydrogens is 282 g/mol. The van der Waals surface area contributed by atoms with Gasteiger partial charge in [0.25, 0.3) is 0 Å². The van der Waals surface area contributed by atoms with Crippen LogP contribution in [0.15, 0.2) is 18.2 Å². The van der Waals surface area contributed by atoms with E-state index >= 15 is 0 Å². The summed E-state index contributed by atoms with van der Waals surface area (Å²) >= 11 is 0. The van der Waals surface area contributed by atoms with E-state index in [0.717, 1.165) is 6.07 Å². The Hall–Kier alpha value is -2.16. The highest BCUT2D eigenvalue weighted by Gasteiger charge is 2.34. The summed E-state index contributed by atoms with van der Waals surface area (Å²) in [7, 11) is 0. The molecule has 5 nitrogen and oxygen atoms in total. The smallest absolute Gasteiger partial charge is 0.347 e. The standard InChI is InChI=1S/C11H11F4N3O2/c12-8-2-1-6(5-7(8)11(13,14)15)18-10(20)9(19)17-4-3-16/h1-2,5H,3-4,16H2,(H,17,19)(H,18,20). The molecule has 9 heteroatoms. The first-order valence-electron chi connectivity index (χ1n) is 5.41.